The van der Waals surface area contributed by atoms with Gasteiger partial charge in [-0.15, -0.1) is 24.0 Å². The monoisotopic (exact) mass is 479 g/mol. The molecule has 2 heterocycles. The Balaban J connectivity index is 0.00000261. The smallest absolute Gasteiger partial charge is 0.284 e. The van der Waals surface area contributed by atoms with Gasteiger partial charge in [0, 0.05) is 18.1 Å². The first-order valence-corrected chi connectivity index (χ1v) is 8.40. The highest BCUT2D eigenvalue weighted by Gasteiger charge is 2.08. The molecule has 0 saturated heterocycles. The Labute approximate surface area is 174 Å². The molecule has 2 aromatic heterocycles. The van der Waals surface area contributed by atoms with Crippen LogP contribution in [-0.4, -0.2) is 23.4 Å². The number of pyridine rings is 1. The predicted molar refractivity (Wildman–Crippen MR) is 116 cm³/mol. The van der Waals surface area contributed by atoms with Gasteiger partial charge in [0.1, 0.15) is 5.76 Å². The van der Waals surface area contributed by atoms with Crippen LogP contribution in [0.4, 0.5) is 0 Å². The number of carbonyl (C=O) groups excluding carboxylic acids is 1. The van der Waals surface area contributed by atoms with Gasteiger partial charge in [-0.3, -0.25) is 9.78 Å². The summed E-state index contributed by atoms with van der Waals surface area (Å²) in [5, 5.41) is 7.47. The largest absolute Gasteiger partial charge is 0.454 e. The van der Waals surface area contributed by atoms with Crippen molar-refractivity contribution >= 4 is 46.7 Å². The molecule has 27 heavy (non-hydrogen) atoms. The fourth-order valence-electron chi connectivity index (χ4n) is 2.58. The summed E-state index contributed by atoms with van der Waals surface area (Å²) >= 11 is 0. The number of primary amides is 1. The molecule has 0 atom stereocenters. The third kappa shape index (κ3) is 5.43. The van der Waals surface area contributed by atoms with Gasteiger partial charge in [-0.1, -0.05) is 18.2 Å². The Morgan fingerprint density at radius 3 is 2.74 bits per heavy atom. The molecule has 1 aromatic carbocycles. The van der Waals surface area contributed by atoms with E-state index in [0.717, 1.165) is 23.0 Å². The van der Waals surface area contributed by atoms with Crippen molar-refractivity contribution in [1.29, 1.82) is 0 Å². The summed E-state index contributed by atoms with van der Waals surface area (Å²) < 4.78 is 5.37. The minimum atomic E-state index is -0.582. The highest BCUT2D eigenvalue weighted by molar-refractivity contribution is 14.0. The van der Waals surface area contributed by atoms with Crippen LogP contribution >= 0.6 is 24.0 Å². The number of nitrogens with two attached hydrogens (primary N) is 1. The first-order chi connectivity index (χ1) is 12.7. The van der Waals surface area contributed by atoms with E-state index >= 15 is 0 Å². The zero-order valence-corrected chi connectivity index (χ0v) is 17.3. The highest BCUT2D eigenvalue weighted by atomic mass is 127. The van der Waals surface area contributed by atoms with E-state index in [1.807, 2.05) is 37.3 Å². The number of hydrogen-bond donors (Lipinski definition) is 3. The number of guanidine groups is 1. The molecule has 4 N–H and O–H groups in total. The predicted octanol–water partition coefficient (Wildman–Crippen LogP) is 2.80. The molecule has 0 fully saturated rings. The number of aliphatic imine (C=N–C) groups is 1. The van der Waals surface area contributed by atoms with Gasteiger partial charge in [0.15, 0.2) is 11.7 Å². The number of fused-ring (bicyclic) bond motifs is 1. The van der Waals surface area contributed by atoms with Crippen LogP contribution in [0.3, 0.4) is 0 Å². The van der Waals surface area contributed by atoms with Gasteiger partial charge in [-0.25, -0.2) is 4.99 Å². The highest BCUT2D eigenvalue weighted by Crippen LogP contribution is 2.16. The molecule has 0 aliphatic heterocycles. The van der Waals surface area contributed by atoms with Gasteiger partial charge in [-0.2, -0.15) is 0 Å². The third-order valence-electron chi connectivity index (χ3n) is 3.83. The number of para-hydroxylation sites is 1. The van der Waals surface area contributed by atoms with E-state index in [1.54, 1.807) is 18.3 Å². The van der Waals surface area contributed by atoms with Crippen molar-refractivity contribution in [2.45, 2.75) is 20.0 Å². The Kier molecular flexibility index (Phi) is 7.59. The molecule has 0 spiro atoms. The maximum Gasteiger partial charge on any atom is 0.284 e. The van der Waals surface area contributed by atoms with E-state index in [9.17, 15) is 4.79 Å². The van der Waals surface area contributed by atoms with Crippen molar-refractivity contribution in [2.75, 3.05) is 6.54 Å². The summed E-state index contributed by atoms with van der Waals surface area (Å²) in [6.07, 6.45) is 1.79. The molecule has 0 saturated carbocycles. The van der Waals surface area contributed by atoms with Crippen molar-refractivity contribution in [3.63, 3.8) is 0 Å². The first-order valence-electron chi connectivity index (χ1n) is 8.40. The van der Waals surface area contributed by atoms with Gasteiger partial charge >= 0.3 is 0 Å². The van der Waals surface area contributed by atoms with Crippen molar-refractivity contribution < 1.29 is 9.21 Å². The molecule has 8 heteroatoms. The second kappa shape index (κ2) is 9.91. The lowest BCUT2D eigenvalue weighted by molar-refractivity contribution is 0.0972. The van der Waals surface area contributed by atoms with E-state index < -0.39 is 5.91 Å². The number of nitrogens with zero attached hydrogens (tertiary/aromatic N) is 2. The first kappa shape index (κ1) is 20.7. The standard InChI is InChI=1S/C19H21N5O2.HI/c1-2-21-19(24-12-14-7-8-17(26-14)18(20)25)23-11-13-9-10-22-16-6-4-3-5-15(13)16;/h3-10H,2,11-12H2,1H3,(H2,20,25)(H2,21,23,24);1H. The molecular formula is C19H22IN5O2. The maximum atomic E-state index is 11.1. The van der Waals surface area contributed by atoms with E-state index in [4.69, 9.17) is 10.2 Å². The van der Waals surface area contributed by atoms with Crippen molar-refractivity contribution in [3.05, 3.63) is 65.7 Å². The summed E-state index contributed by atoms with van der Waals surface area (Å²) in [5.41, 5.74) is 7.24. The normalized spacial score (nSPS) is 11.1. The van der Waals surface area contributed by atoms with Crippen LogP contribution in [0, 0.1) is 0 Å². The average Bonchev–Trinajstić information content (AvgIpc) is 3.13. The second-order valence-electron chi connectivity index (χ2n) is 5.67. The molecule has 3 aromatic rings. The number of carbonyl (C=O) groups is 1. The molecule has 0 radical (unpaired) electrons. The third-order valence-corrected chi connectivity index (χ3v) is 3.83. The summed E-state index contributed by atoms with van der Waals surface area (Å²) in [6, 6.07) is 13.2. The molecule has 1 amide bonds. The van der Waals surface area contributed by atoms with Crippen molar-refractivity contribution in [2.24, 2.45) is 10.7 Å². The number of benzene rings is 1. The Bertz CT molecular complexity index is 933. The summed E-state index contributed by atoms with van der Waals surface area (Å²) in [7, 11) is 0. The number of aromatic nitrogens is 1. The zero-order valence-electron chi connectivity index (χ0n) is 14.9. The Hall–Kier alpha value is -2.62. The van der Waals surface area contributed by atoms with Gasteiger partial charge in [0.2, 0.25) is 0 Å². The minimum Gasteiger partial charge on any atom is -0.454 e. The fraction of sp³-hybridized carbons (Fsp3) is 0.211. The zero-order chi connectivity index (χ0) is 18.4. The van der Waals surface area contributed by atoms with E-state index in [2.05, 4.69) is 20.6 Å². The average molecular weight is 479 g/mol. The quantitative estimate of drug-likeness (QED) is 0.287. The number of halogens is 1. The fourth-order valence-corrected chi connectivity index (χ4v) is 2.58. The lowest BCUT2D eigenvalue weighted by atomic mass is 10.1. The van der Waals surface area contributed by atoms with Crippen molar-refractivity contribution in [3.8, 4) is 0 Å². The van der Waals surface area contributed by atoms with Crippen LogP contribution in [0.5, 0.6) is 0 Å². The molecule has 0 aliphatic carbocycles. The summed E-state index contributed by atoms with van der Waals surface area (Å²) in [6.45, 7) is 3.64. The lowest BCUT2D eigenvalue weighted by Gasteiger charge is -2.10. The molecule has 3 rings (SSSR count). The second-order valence-corrected chi connectivity index (χ2v) is 5.67. The van der Waals surface area contributed by atoms with Gasteiger partial charge in [0.25, 0.3) is 5.91 Å². The van der Waals surface area contributed by atoms with Crippen molar-refractivity contribution in [1.82, 2.24) is 15.6 Å². The summed E-state index contributed by atoms with van der Waals surface area (Å²) in [4.78, 5) is 20.1. The van der Waals surface area contributed by atoms with Gasteiger partial charge in [-0.05, 0) is 36.8 Å². The minimum absolute atomic E-state index is 0. The number of hydrogen-bond acceptors (Lipinski definition) is 4. The molecular weight excluding hydrogens is 457 g/mol. The molecule has 0 bridgehead atoms. The van der Waals surface area contributed by atoms with Crippen LogP contribution in [0.15, 0.2) is 58.1 Å². The number of amides is 1. The van der Waals surface area contributed by atoms with Crippen LogP contribution in [-0.2, 0) is 13.1 Å². The topological polar surface area (TPSA) is 106 Å². The van der Waals surface area contributed by atoms with Crippen LogP contribution in [0.1, 0.15) is 28.8 Å². The van der Waals surface area contributed by atoms with E-state index in [-0.39, 0.29) is 29.7 Å². The van der Waals surface area contributed by atoms with Crippen LogP contribution in [0.25, 0.3) is 10.9 Å². The van der Waals surface area contributed by atoms with Crippen LogP contribution in [0.2, 0.25) is 0 Å². The SMILES string of the molecule is CCNC(=NCc1ccnc2ccccc12)NCc1ccc(C(N)=O)o1.I. The molecule has 7 nitrogen and oxygen atoms in total. The lowest BCUT2D eigenvalue weighted by Crippen LogP contribution is -2.36. The Morgan fingerprint density at radius 2 is 2.00 bits per heavy atom. The van der Waals surface area contributed by atoms with Crippen LogP contribution < -0.4 is 16.4 Å². The number of nitrogens with one attached hydrogen (secondary N) is 2. The Morgan fingerprint density at radius 1 is 1.19 bits per heavy atom. The summed E-state index contributed by atoms with van der Waals surface area (Å²) in [5.74, 6) is 0.831. The van der Waals surface area contributed by atoms with E-state index in [1.165, 1.54) is 0 Å². The maximum absolute atomic E-state index is 11.1. The molecule has 0 unspecified atom stereocenters. The van der Waals surface area contributed by atoms with Gasteiger partial charge in [0.05, 0.1) is 18.6 Å². The molecule has 142 valence electrons. The van der Waals surface area contributed by atoms with E-state index in [0.29, 0.717) is 24.8 Å². The number of rotatable bonds is 6. The van der Waals surface area contributed by atoms with Gasteiger partial charge < -0.3 is 20.8 Å². The number of furan rings is 1. The molecule has 0 aliphatic rings.